The highest BCUT2D eigenvalue weighted by molar-refractivity contribution is 5.97. The van der Waals surface area contributed by atoms with Crippen LogP contribution in [-0.2, 0) is 13.0 Å². The highest BCUT2D eigenvalue weighted by Crippen LogP contribution is 2.19. The fraction of sp³-hybridized carbons (Fsp3) is 0.500. The predicted molar refractivity (Wildman–Crippen MR) is 75.2 cm³/mol. The molecule has 1 aliphatic rings. The van der Waals surface area contributed by atoms with Crippen LogP contribution >= 0.6 is 0 Å². The third-order valence-corrected chi connectivity index (χ3v) is 3.11. The molecular weight excluding hydrogens is 238 g/mol. The molecule has 0 N–H and O–H groups in total. The average molecular weight is 257 g/mol. The molecule has 3 nitrogen and oxygen atoms in total. The van der Waals surface area contributed by atoms with E-state index in [-0.39, 0.29) is 16.8 Å². The fourth-order valence-electron chi connectivity index (χ4n) is 2.25. The molecule has 100 valence electrons. The summed E-state index contributed by atoms with van der Waals surface area (Å²) in [5.74, 6) is 6.31. The largest absolute Gasteiger partial charge is 0.300 e. The van der Waals surface area contributed by atoms with Crippen molar-refractivity contribution in [3.63, 3.8) is 0 Å². The van der Waals surface area contributed by atoms with Gasteiger partial charge in [0.2, 0.25) is 0 Å². The number of carbonyl (C=O) groups is 1. The molecule has 19 heavy (non-hydrogen) atoms. The maximum absolute atomic E-state index is 11.9. The Kier molecular flexibility index (Phi) is 3.61. The molecule has 0 saturated heterocycles. The van der Waals surface area contributed by atoms with Crippen molar-refractivity contribution in [2.24, 2.45) is 5.41 Å². The summed E-state index contributed by atoms with van der Waals surface area (Å²) >= 11 is 0. The van der Waals surface area contributed by atoms with Crippen molar-refractivity contribution in [1.82, 2.24) is 4.57 Å². The van der Waals surface area contributed by atoms with Crippen molar-refractivity contribution >= 4 is 5.78 Å². The molecule has 0 atom stereocenters. The number of hydrogen-bond donors (Lipinski definition) is 0. The van der Waals surface area contributed by atoms with Crippen molar-refractivity contribution in [2.75, 3.05) is 0 Å². The van der Waals surface area contributed by atoms with E-state index in [0.29, 0.717) is 18.5 Å². The summed E-state index contributed by atoms with van der Waals surface area (Å²) in [5, 5.41) is 0. The van der Waals surface area contributed by atoms with Gasteiger partial charge in [-0.3, -0.25) is 9.59 Å². The number of rotatable bonds is 1. The SMILES string of the molecule is CC(C)(C)C#CCn1c2c(ccc1=O)C(=O)CCC2. The van der Waals surface area contributed by atoms with Crippen molar-refractivity contribution in [3.8, 4) is 11.8 Å². The number of hydrogen-bond acceptors (Lipinski definition) is 2. The van der Waals surface area contributed by atoms with Crippen LogP contribution in [-0.4, -0.2) is 10.4 Å². The second kappa shape index (κ2) is 5.05. The minimum atomic E-state index is -0.0751. The first-order valence-electron chi connectivity index (χ1n) is 6.64. The van der Waals surface area contributed by atoms with Gasteiger partial charge in [-0.25, -0.2) is 0 Å². The Bertz CT molecular complexity index is 621. The van der Waals surface area contributed by atoms with E-state index >= 15 is 0 Å². The fourth-order valence-corrected chi connectivity index (χ4v) is 2.25. The highest BCUT2D eigenvalue weighted by atomic mass is 16.1. The molecule has 0 aromatic carbocycles. The minimum absolute atomic E-state index is 0.0725. The normalized spacial score (nSPS) is 14.6. The van der Waals surface area contributed by atoms with Crippen molar-refractivity contribution in [3.05, 3.63) is 33.7 Å². The zero-order chi connectivity index (χ0) is 14.0. The van der Waals surface area contributed by atoms with Crippen LogP contribution in [0.1, 0.15) is 49.7 Å². The first-order chi connectivity index (χ1) is 8.88. The van der Waals surface area contributed by atoms with Gasteiger partial charge in [0.15, 0.2) is 5.78 Å². The smallest absolute Gasteiger partial charge is 0.251 e. The average Bonchev–Trinajstić information content (AvgIpc) is 2.31. The lowest BCUT2D eigenvalue weighted by atomic mass is 9.94. The van der Waals surface area contributed by atoms with E-state index in [0.717, 1.165) is 18.5 Å². The van der Waals surface area contributed by atoms with Gasteiger partial charge in [0.05, 0.1) is 6.54 Å². The van der Waals surface area contributed by atoms with Crippen molar-refractivity contribution in [2.45, 2.75) is 46.6 Å². The quantitative estimate of drug-likeness (QED) is 0.725. The molecule has 1 aromatic heterocycles. The first kappa shape index (κ1) is 13.6. The molecule has 0 fully saturated rings. The molecule has 3 heteroatoms. The third-order valence-electron chi connectivity index (χ3n) is 3.11. The van der Waals surface area contributed by atoms with E-state index < -0.39 is 0 Å². The number of fused-ring (bicyclic) bond motifs is 1. The number of carbonyl (C=O) groups excluding carboxylic acids is 1. The Hall–Kier alpha value is -1.82. The Balaban J connectivity index is 2.40. The maximum atomic E-state index is 11.9. The number of nitrogens with zero attached hydrogens (tertiary/aromatic N) is 1. The Morgan fingerprint density at radius 3 is 2.63 bits per heavy atom. The summed E-state index contributed by atoms with van der Waals surface area (Å²) < 4.78 is 1.64. The maximum Gasteiger partial charge on any atom is 0.251 e. The van der Waals surface area contributed by atoms with Crippen LogP contribution in [0.3, 0.4) is 0 Å². The molecule has 0 aliphatic heterocycles. The van der Waals surface area contributed by atoms with Gasteiger partial charge in [0.25, 0.3) is 5.56 Å². The molecule has 1 aliphatic carbocycles. The van der Waals surface area contributed by atoms with Gasteiger partial charge >= 0.3 is 0 Å². The molecule has 1 aromatic rings. The van der Waals surface area contributed by atoms with Gasteiger partial charge in [0, 0.05) is 29.2 Å². The van der Waals surface area contributed by atoms with Crippen LogP contribution in [0.4, 0.5) is 0 Å². The second-order valence-electron chi connectivity index (χ2n) is 5.95. The van der Waals surface area contributed by atoms with E-state index in [9.17, 15) is 9.59 Å². The third kappa shape index (κ3) is 3.14. The van der Waals surface area contributed by atoms with Crippen LogP contribution in [0, 0.1) is 17.3 Å². The van der Waals surface area contributed by atoms with E-state index in [1.165, 1.54) is 6.07 Å². The summed E-state index contributed by atoms with van der Waals surface area (Å²) in [5.41, 5.74) is 1.40. The van der Waals surface area contributed by atoms with Gasteiger partial charge < -0.3 is 4.57 Å². The standard InChI is InChI=1S/C16H19NO2/c1-16(2,3)10-5-11-17-13-6-4-7-14(18)12(13)8-9-15(17)19/h8-9H,4,6-7,11H2,1-3H3. The Labute approximate surface area is 113 Å². The molecule has 0 bridgehead atoms. The van der Waals surface area contributed by atoms with Gasteiger partial charge in [-0.2, -0.15) is 0 Å². The molecule has 0 saturated carbocycles. The van der Waals surface area contributed by atoms with Gasteiger partial charge in [-0.1, -0.05) is 11.8 Å². The number of aromatic nitrogens is 1. The molecule has 1 heterocycles. The highest BCUT2D eigenvalue weighted by Gasteiger charge is 2.20. The molecule has 0 radical (unpaired) electrons. The first-order valence-corrected chi connectivity index (χ1v) is 6.64. The predicted octanol–water partition coefficient (Wildman–Crippen LogP) is 2.42. The van der Waals surface area contributed by atoms with E-state index in [4.69, 9.17) is 0 Å². The lowest BCUT2D eigenvalue weighted by molar-refractivity contribution is 0.0970. The topological polar surface area (TPSA) is 39.1 Å². The van der Waals surface area contributed by atoms with E-state index in [1.54, 1.807) is 10.6 Å². The van der Waals surface area contributed by atoms with Crippen LogP contribution in [0.25, 0.3) is 0 Å². The molecule has 2 rings (SSSR count). The molecule has 0 spiro atoms. The number of Topliss-reactive ketones (excluding diaryl/α,β-unsaturated/α-hetero) is 1. The van der Waals surface area contributed by atoms with E-state index in [2.05, 4.69) is 11.8 Å². The molecule has 0 unspecified atom stereocenters. The lowest BCUT2D eigenvalue weighted by Crippen LogP contribution is -2.27. The summed E-state index contributed by atoms with van der Waals surface area (Å²) in [6, 6.07) is 3.13. The van der Waals surface area contributed by atoms with E-state index in [1.807, 2.05) is 20.8 Å². The van der Waals surface area contributed by atoms with Crippen LogP contribution in [0.15, 0.2) is 16.9 Å². The monoisotopic (exact) mass is 257 g/mol. The minimum Gasteiger partial charge on any atom is -0.300 e. The summed E-state index contributed by atoms with van der Waals surface area (Å²) in [4.78, 5) is 23.8. The van der Waals surface area contributed by atoms with Crippen LogP contribution in [0.5, 0.6) is 0 Å². The summed E-state index contributed by atoms with van der Waals surface area (Å²) in [6.45, 7) is 6.47. The van der Waals surface area contributed by atoms with Gasteiger partial charge in [-0.15, -0.1) is 0 Å². The van der Waals surface area contributed by atoms with Crippen molar-refractivity contribution in [1.29, 1.82) is 0 Å². The van der Waals surface area contributed by atoms with Crippen molar-refractivity contribution < 1.29 is 4.79 Å². The zero-order valence-electron chi connectivity index (χ0n) is 11.7. The molecular formula is C16H19NO2. The number of ketones is 1. The summed E-state index contributed by atoms with van der Waals surface area (Å²) in [6.07, 6.45) is 2.19. The molecule has 0 amide bonds. The van der Waals surface area contributed by atoms with Gasteiger partial charge in [-0.05, 0) is 39.7 Å². The van der Waals surface area contributed by atoms with Crippen LogP contribution in [0.2, 0.25) is 0 Å². The zero-order valence-corrected chi connectivity index (χ0v) is 11.7. The Morgan fingerprint density at radius 2 is 1.95 bits per heavy atom. The van der Waals surface area contributed by atoms with Gasteiger partial charge in [0.1, 0.15) is 0 Å². The Morgan fingerprint density at radius 1 is 1.21 bits per heavy atom. The second-order valence-corrected chi connectivity index (χ2v) is 5.95. The lowest BCUT2D eigenvalue weighted by Gasteiger charge is -2.18. The number of pyridine rings is 1. The van der Waals surface area contributed by atoms with Crippen LogP contribution < -0.4 is 5.56 Å². The summed E-state index contributed by atoms with van der Waals surface area (Å²) in [7, 11) is 0.